The topological polar surface area (TPSA) is 404 Å². The number of ether oxygens (including phenoxy) is 9. The van der Waals surface area contributed by atoms with Crippen molar-refractivity contribution in [1.29, 1.82) is 0 Å². The van der Waals surface area contributed by atoms with Crippen LogP contribution in [0.2, 0.25) is 0 Å². The predicted molar refractivity (Wildman–Crippen MR) is 164 cm³/mol. The third-order valence-corrected chi connectivity index (χ3v) is 10.2. The van der Waals surface area contributed by atoms with Gasteiger partial charge < -0.3 is 119 Å². The standard InChI is InChI=1S/C30H50O25/c1-5-9(33)13(37)24(55-27-17(41)12(36)14(38)23(54-27)25(44)45)30(48-5)53-21-10(34)6(2)47-28(18(21)42)52-22-11(35)7(3-31)50-29(19(22)43)51-20-8(4-32)49-26(46)16(40)15(20)39/h5-24,26-43,46H,3-4H2,1-2H3,(H,44,45)/t5-,6-,7+,8+,9-,10-,11+,12-,13+,14-,15+,16+,17+,18+,19+,20+,21+,22-,23-,24+,26+,27-,28-,29-,30-/m0/s1. The molecule has 0 amide bonds. The third kappa shape index (κ3) is 8.94. The normalized spacial score (nSPS) is 53.9. The van der Waals surface area contributed by atoms with Crippen LogP contribution < -0.4 is 0 Å². The van der Waals surface area contributed by atoms with Crippen molar-refractivity contribution in [2.75, 3.05) is 13.2 Å². The van der Waals surface area contributed by atoms with Gasteiger partial charge in [-0.2, -0.15) is 0 Å². The van der Waals surface area contributed by atoms with Gasteiger partial charge in [-0.15, -0.1) is 0 Å². The number of hydrogen-bond acceptors (Lipinski definition) is 24. The van der Waals surface area contributed by atoms with Crippen LogP contribution in [-0.4, -0.2) is 249 Å². The number of carboxylic acids is 1. The molecule has 5 aliphatic rings. The minimum atomic E-state index is -2.12. The van der Waals surface area contributed by atoms with Gasteiger partial charge in [0.25, 0.3) is 0 Å². The summed E-state index contributed by atoms with van der Waals surface area (Å²) in [7, 11) is 0. The number of carbonyl (C=O) groups is 1. The van der Waals surface area contributed by atoms with Crippen LogP contribution in [0.4, 0.5) is 0 Å². The van der Waals surface area contributed by atoms with Gasteiger partial charge in [-0.1, -0.05) is 0 Å². The van der Waals surface area contributed by atoms with Crippen molar-refractivity contribution in [3.05, 3.63) is 0 Å². The molecule has 25 nitrogen and oxygen atoms in total. The first-order valence-corrected chi connectivity index (χ1v) is 17.3. The maximum Gasteiger partial charge on any atom is 0.335 e. The smallest absolute Gasteiger partial charge is 0.335 e. The van der Waals surface area contributed by atoms with Gasteiger partial charge in [-0.3, -0.25) is 0 Å². The summed E-state index contributed by atoms with van der Waals surface area (Å²) in [5.74, 6) is -1.75. The number of aliphatic hydroxyl groups excluding tert-OH is 14. The van der Waals surface area contributed by atoms with Crippen molar-refractivity contribution in [3.63, 3.8) is 0 Å². The van der Waals surface area contributed by atoms with E-state index < -0.39 is 173 Å². The van der Waals surface area contributed by atoms with E-state index in [1.165, 1.54) is 13.8 Å². The molecule has 5 aliphatic heterocycles. The summed E-state index contributed by atoms with van der Waals surface area (Å²) in [6.07, 6.45) is -46.2. The van der Waals surface area contributed by atoms with Gasteiger partial charge in [0.2, 0.25) is 0 Å². The van der Waals surface area contributed by atoms with Crippen molar-refractivity contribution >= 4 is 5.97 Å². The molecule has 15 N–H and O–H groups in total. The van der Waals surface area contributed by atoms with Crippen LogP contribution in [0, 0.1) is 0 Å². The molecule has 5 fully saturated rings. The van der Waals surface area contributed by atoms with Gasteiger partial charge in [0.15, 0.2) is 37.6 Å². The number of hydrogen-bond donors (Lipinski definition) is 15. The highest BCUT2D eigenvalue weighted by atomic mass is 16.8. The largest absolute Gasteiger partial charge is 0.479 e. The van der Waals surface area contributed by atoms with E-state index in [9.17, 15) is 81.4 Å². The lowest BCUT2D eigenvalue weighted by molar-refractivity contribution is -0.395. The van der Waals surface area contributed by atoms with Gasteiger partial charge in [-0.25, -0.2) is 4.79 Å². The Morgan fingerprint density at radius 1 is 0.436 bits per heavy atom. The molecule has 0 aromatic heterocycles. The van der Waals surface area contributed by atoms with Crippen molar-refractivity contribution in [2.45, 2.75) is 167 Å². The predicted octanol–water partition coefficient (Wildman–Crippen LogP) is -9.78. The molecular weight excluding hydrogens is 760 g/mol. The Hall–Kier alpha value is -1.45. The van der Waals surface area contributed by atoms with Gasteiger partial charge in [-0.05, 0) is 13.8 Å². The lowest BCUT2D eigenvalue weighted by Gasteiger charge is -2.49. The van der Waals surface area contributed by atoms with Crippen LogP contribution in [0.5, 0.6) is 0 Å². The molecule has 0 aromatic carbocycles. The van der Waals surface area contributed by atoms with E-state index in [1.807, 2.05) is 0 Å². The van der Waals surface area contributed by atoms with E-state index >= 15 is 0 Å². The van der Waals surface area contributed by atoms with E-state index in [-0.39, 0.29) is 0 Å². The molecule has 0 aliphatic carbocycles. The lowest BCUT2D eigenvalue weighted by atomic mass is 9.95. The van der Waals surface area contributed by atoms with E-state index in [2.05, 4.69) is 0 Å². The molecule has 0 unspecified atom stereocenters. The summed E-state index contributed by atoms with van der Waals surface area (Å²) in [4.78, 5) is 11.6. The first-order chi connectivity index (χ1) is 25.8. The van der Waals surface area contributed by atoms with Gasteiger partial charge in [0, 0.05) is 0 Å². The monoisotopic (exact) mass is 810 g/mol. The first kappa shape index (κ1) is 44.6. The zero-order valence-corrected chi connectivity index (χ0v) is 29.1. The van der Waals surface area contributed by atoms with Crippen molar-refractivity contribution in [3.8, 4) is 0 Å². The molecule has 55 heavy (non-hydrogen) atoms. The van der Waals surface area contributed by atoms with Crippen LogP contribution >= 0.6 is 0 Å². The number of carboxylic acid groups (broad SMARTS) is 1. The average molecular weight is 811 g/mol. The second-order valence-corrected chi connectivity index (χ2v) is 14.0. The highest BCUT2D eigenvalue weighted by Gasteiger charge is 2.56. The van der Waals surface area contributed by atoms with Crippen LogP contribution in [0.3, 0.4) is 0 Å². The second kappa shape index (κ2) is 18.2. The first-order valence-electron chi connectivity index (χ1n) is 17.3. The molecule has 320 valence electrons. The van der Waals surface area contributed by atoms with E-state index in [4.69, 9.17) is 42.6 Å². The van der Waals surface area contributed by atoms with Crippen molar-refractivity contribution in [1.82, 2.24) is 0 Å². The molecule has 0 bridgehead atoms. The Kier molecular flexibility index (Phi) is 14.8. The summed E-state index contributed by atoms with van der Waals surface area (Å²) >= 11 is 0. The Labute approximate surface area is 310 Å². The van der Waals surface area contributed by atoms with Crippen LogP contribution in [0.25, 0.3) is 0 Å². The molecule has 0 aromatic rings. The van der Waals surface area contributed by atoms with Crippen LogP contribution in [0.15, 0.2) is 0 Å². The molecular formula is C30H50O25. The average Bonchev–Trinajstić information content (AvgIpc) is 3.14. The zero-order valence-electron chi connectivity index (χ0n) is 29.1. The SMILES string of the molecule is C[C@@H]1O[C@@H](O[C@@H]2[C@@H](O)[C@H](C)O[C@@H](O[C@@H]3[C@@H](O)[C@H](O[C@H]4[C@H](O)[C@@H](O)[C@H](O)O[C@@H]4CO)O[C@H](CO)[C@H]3O)[C@@H]2O)[C@H](O[C@@H]2O[C@H](C(=O)O)[C@@H](O)[C@H](O)[C@H]2O)[C@H](O)[C@H]1O. The number of aliphatic hydroxyl groups is 14. The highest BCUT2D eigenvalue weighted by Crippen LogP contribution is 2.36. The van der Waals surface area contributed by atoms with Crippen LogP contribution in [0.1, 0.15) is 13.8 Å². The zero-order chi connectivity index (χ0) is 40.8. The highest BCUT2D eigenvalue weighted by molar-refractivity contribution is 5.73. The quantitative estimate of drug-likeness (QED) is 0.0921. The summed E-state index contributed by atoms with van der Waals surface area (Å²) < 4.78 is 49.6. The van der Waals surface area contributed by atoms with Crippen LogP contribution in [-0.2, 0) is 47.4 Å². The van der Waals surface area contributed by atoms with Gasteiger partial charge in [0.1, 0.15) is 104 Å². The summed E-state index contributed by atoms with van der Waals surface area (Å²) in [5.41, 5.74) is 0. The fraction of sp³-hybridized carbons (Fsp3) is 0.967. The summed E-state index contributed by atoms with van der Waals surface area (Å²) in [6.45, 7) is 0.833. The Morgan fingerprint density at radius 3 is 1.51 bits per heavy atom. The molecule has 5 heterocycles. The van der Waals surface area contributed by atoms with E-state index in [0.29, 0.717) is 0 Å². The minimum Gasteiger partial charge on any atom is -0.479 e. The molecule has 0 radical (unpaired) electrons. The lowest BCUT2D eigenvalue weighted by Crippen LogP contribution is -2.67. The fourth-order valence-electron chi connectivity index (χ4n) is 6.87. The molecule has 5 rings (SSSR count). The maximum atomic E-state index is 11.6. The molecule has 5 saturated heterocycles. The Bertz CT molecular complexity index is 1250. The molecule has 0 saturated carbocycles. The third-order valence-electron chi connectivity index (χ3n) is 10.2. The molecule has 0 spiro atoms. The fourth-order valence-corrected chi connectivity index (χ4v) is 6.87. The second-order valence-electron chi connectivity index (χ2n) is 14.0. The minimum absolute atomic E-state index is 0.850. The van der Waals surface area contributed by atoms with Crippen molar-refractivity contribution < 1.29 is 124 Å². The maximum absolute atomic E-state index is 11.6. The Balaban J connectivity index is 1.34. The van der Waals surface area contributed by atoms with Gasteiger partial charge in [0.05, 0.1) is 25.4 Å². The summed E-state index contributed by atoms with van der Waals surface area (Å²) in [5, 5.41) is 156. The van der Waals surface area contributed by atoms with E-state index in [1.54, 1.807) is 0 Å². The van der Waals surface area contributed by atoms with Gasteiger partial charge >= 0.3 is 5.97 Å². The summed E-state index contributed by atoms with van der Waals surface area (Å²) in [6, 6.07) is 0. The number of aliphatic carboxylic acids is 1. The number of rotatable bonds is 11. The molecule has 25 heteroatoms. The molecule has 25 atom stereocenters. The van der Waals surface area contributed by atoms with E-state index in [0.717, 1.165) is 0 Å². The Morgan fingerprint density at radius 2 is 0.909 bits per heavy atom. The van der Waals surface area contributed by atoms with Crippen molar-refractivity contribution in [2.24, 2.45) is 0 Å².